The molecule has 2 fully saturated rings. The maximum Gasteiger partial charge on any atom is 0.410 e. The molecule has 2 saturated heterocycles. The summed E-state index contributed by atoms with van der Waals surface area (Å²) in [6, 6.07) is 0. The van der Waals surface area contributed by atoms with Crippen molar-refractivity contribution in [2.24, 2.45) is 5.92 Å². The van der Waals surface area contributed by atoms with Crippen LogP contribution >= 0.6 is 0 Å². The number of amides is 1. The van der Waals surface area contributed by atoms with E-state index in [-0.39, 0.29) is 23.8 Å². The number of carbonyl (C=O) groups excluding carboxylic acids is 1. The van der Waals surface area contributed by atoms with Gasteiger partial charge in [-0.05, 0) is 26.7 Å². The van der Waals surface area contributed by atoms with E-state index in [1.54, 1.807) is 17.3 Å². The van der Waals surface area contributed by atoms with Crippen LogP contribution in [0.2, 0.25) is 0 Å². The molecule has 0 radical (unpaired) electrons. The quantitative estimate of drug-likeness (QED) is 0.486. The molecule has 12 nitrogen and oxygen atoms in total. The Bertz CT molecular complexity index is 1250. The van der Waals surface area contributed by atoms with Crippen LogP contribution in [0.25, 0.3) is 0 Å². The van der Waals surface area contributed by atoms with Gasteiger partial charge in [0, 0.05) is 69.7 Å². The number of ether oxygens (including phenoxy) is 1. The third kappa shape index (κ3) is 6.93. The monoisotopic (exact) mass is 554 g/mol. The number of halogens is 1. The molecular weight excluding hydrogens is 515 g/mol. The third-order valence-electron chi connectivity index (χ3n) is 6.68. The van der Waals surface area contributed by atoms with Crippen molar-refractivity contribution in [2.75, 3.05) is 61.4 Å². The molecule has 3 N–H and O–H groups in total. The number of anilines is 4. The predicted molar refractivity (Wildman–Crippen MR) is 153 cm³/mol. The minimum absolute atomic E-state index is 0.175. The van der Waals surface area contributed by atoms with Gasteiger partial charge >= 0.3 is 6.09 Å². The van der Waals surface area contributed by atoms with Crippen molar-refractivity contribution in [2.45, 2.75) is 46.6 Å². The molecule has 0 atom stereocenters. The first kappa shape index (κ1) is 29.0. The first-order valence-corrected chi connectivity index (χ1v) is 13.5. The molecule has 0 aromatic carbocycles. The number of piperazine rings is 1. The van der Waals surface area contributed by atoms with Crippen molar-refractivity contribution in [3.63, 3.8) is 0 Å². The number of hydrogen-bond acceptors (Lipinski definition) is 11. The smallest absolute Gasteiger partial charge is 0.410 e. The number of rotatable bonds is 6. The molecule has 13 heteroatoms. The van der Waals surface area contributed by atoms with Crippen LogP contribution in [0.3, 0.4) is 0 Å². The molecule has 2 aromatic rings. The maximum atomic E-state index is 14.8. The molecule has 216 valence electrons. The Morgan fingerprint density at radius 2 is 1.77 bits per heavy atom. The van der Waals surface area contributed by atoms with Crippen LogP contribution in [-0.4, -0.2) is 88.6 Å². The van der Waals surface area contributed by atoms with Crippen LogP contribution in [0.5, 0.6) is 0 Å². The molecule has 40 heavy (non-hydrogen) atoms. The molecule has 2 aromatic heterocycles. The number of nitrogens with one attached hydrogen (secondary N) is 3. The molecular formula is C27H39FN10O2. The Labute approximate surface area is 234 Å². The minimum Gasteiger partial charge on any atom is -0.444 e. The van der Waals surface area contributed by atoms with Crippen LogP contribution in [0.4, 0.5) is 32.6 Å². The van der Waals surface area contributed by atoms with Gasteiger partial charge in [-0.25, -0.2) is 24.1 Å². The largest absolute Gasteiger partial charge is 0.444 e. The summed E-state index contributed by atoms with van der Waals surface area (Å²) in [7, 11) is 1.85. The van der Waals surface area contributed by atoms with Gasteiger partial charge in [-0.2, -0.15) is 4.98 Å². The Balaban J connectivity index is 1.40. The fourth-order valence-electron chi connectivity index (χ4n) is 4.73. The predicted octanol–water partition coefficient (Wildman–Crippen LogP) is 3.57. The van der Waals surface area contributed by atoms with Crippen molar-refractivity contribution >= 4 is 35.2 Å². The second-order valence-corrected chi connectivity index (χ2v) is 11.2. The average Bonchev–Trinajstić information content (AvgIpc) is 2.91. The van der Waals surface area contributed by atoms with Crippen molar-refractivity contribution in [3.05, 3.63) is 35.7 Å². The lowest BCUT2D eigenvalue weighted by atomic mass is 9.95. The number of allylic oxidation sites excluding steroid dienone is 1. The first-order chi connectivity index (χ1) is 18.9. The summed E-state index contributed by atoms with van der Waals surface area (Å²) < 4.78 is 20.3. The van der Waals surface area contributed by atoms with Gasteiger partial charge in [-0.3, -0.25) is 0 Å². The number of aromatic nitrogens is 4. The average molecular weight is 555 g/mol. The molecule has 1 amide bonds. The second-order valence-electron chi connectivity index (χ2n) is 11.2. The lowest BCUT2D eigenvalue weighted by molar-refractivity contribution is 0.0240. The molecule has 2 aliphatic rings. The van der Waals surface area contributed by atoms with Gasteiger partial charge in [0.25, 0.3) is 0 Å². The highest BCUT2D eigenvalue weighted by molar-refractivity contribution is 6.00. The molecule has 0 saturated carbocycles. The number of piperidine rings is 1. The number of carbonyl (C=O) groups is 1. The van der Waals surface area contributed by atoms with Crippen LogP contribution in [0, 0.1) is 17.1 Å². The van der Waals surface area contributed by atoms with E-state index < -0.39 is 11.4 Å². The SMILES string of the molecule is CN/C(=C1/CN(c2nc(Nc3cnc(N4CCN(C(=O)OC(C)(C)C)CC4)cn3)ncc2F)CCC1=N)C(C)C. The van der Waals surface area contributed by atoms with Crippen LogP contribution < -0.4 is 20.4 Å². The summed E-state index contributed by atoms with van der Waals surface area (Å²) in [5.41, 5.74) is 1.87. The Morgan fingerprint density at radius 3 is 2.38 bits per heavy atom. The minimum atomic E-state index is -0.529. The summed E-state index contributed by atoms with van der Waals surface area (Å²) >= 11 is 0. The molecule has 4 heterocycles. The van der Waals surface area contributed by atoms with Crippen LogP contribution in [0.1, 0.15) is 41.0 Å². The van der Waals surface area contributed by atoms with E-state index in [0.29, 0.717) is 63.0 Å². The topological polar surface area (TPSA) is 135 Å². The molecule has 0 spiro atoms. The zero-order chi connectivity index (χ0) is 29.0. The summed E-state index contributed by atoms with van der Waals surface area (Å²) in [5.74, 6) is 1.18. The third-order valence-corrected chi connectivity index (χ3v) is 6.68. The van der Waals surface area contributed by atoms with E-state index in [9.17, 15) is 9.18 Å². The fourth-order valence-corrected chi connectivity index (χ4v) is 4.73. The summed E-state index contributed by atoms with van der Waals surface area (Å²) in [5, 5.41) is 14.6. The van der Waals surface area contributed by atoms with E-state index >= 15 is 0 Å². The highest BCUT2D eigenvalue weighted by Gasteiger charge is 2.28. The maximum absolute atomic E-state index is 14.8. The van der Waals surface area contributed by atoms with Crippen LogP contribution in [-0.2, 0) is 4.74 Å². The summed E-state index contributed by atoms with van der Waals surface area (Å²) in [6.07, 6.45) is 4.55. The van der Waals surface area contributed by atoms with Gasteiger partial charge in [0.05, 0.1) is 18.6 Å². The lowest BCUT2D eigenvalue weighted by Crippen LogP contribution is -2.50. The van der Waals surface area contributed by atoms with Gasteiger partial charge in [-0.1, -0.05) is 13.8 Å². The van der Waals surface area contributed by atoms with Gasteiger partial charge in [0.1, 0.15) is 11.4 Å². The Kier molecular flexibility index (Phi) is 8.70. The van der Waals surface area contributed by atoms with E-state index in [4.69, 9.17) is 10.1 Å². The van der Waals surface area contributed by atoms with E-state index in [1.165, 1.54) is 0 Å². The standard InChI is InChI=1S/C27H39FN10O2/c1-17(2)23(30-6)18-16-38(8-7-20(18)29)24-19(28)13-33-25(35-24)34-21-14-32-22(15-31-21)36-9-11-37(12-10-36)26(39)40-27(3,4)5/h13-15,17,29-30H,7-12,16H2,1-6H3,(H,31,33,34,35)/b23-18-,29-20?. The van der Waals surface area contributed by atoms with Gasteiger partial charge in [0.2, 0.25) is 5.95 Å². The normalized spacial score (nSPS) is 17.7. The number of nitrogens with zero attached hydrogens (tertiary/aromatic N) is 7. The van der Waals surface area contributed by atoms with Crippen molar-refractivity contribution in [3.8, 4) is 0 Å². The fraction of sp³-hybridized carbons (Fsp3) is 0.556. The zero-order valence-corrected chi connectivity index (χ0v) is 24.1. The first-order valence-electron chi connectivity index (χ1n) is 13.5. The highest BCUT2D eigenvalue weighted by Crippen LogP contribution is 2.26. The van der Waals surface area contributed by atoms with Crippen LogP contribution in [0.15, 0.2) is 29.9 Å². The molecule has 4 rings (SSSR count). The van der Waals surface area contributed by atoms with Crippen molar-refractivity contribution in [1.82, 2.24) is 30.2 Å². The molecule has 0 bridgehead atoms. The van der Waals surface area contributed by atoms with Crippen molar-refractivity contribution in [1.29, 1.82) is 5.41 Å². The molecule has 2 aliphatic heterocycles. The van der Waals surface area contributed by atoms with Gasteiger partial charge < -0.3 is 35.5 Å². The van der Waals surface area contributed by atoms with Gasteiger partial charge in [-0.15, -0.1) is 0 Å². The van der Waals surface area contributed by atoms with E-state index in [2.05, 4.69) is 49.3 Å². The summed E-state index contributed by atoms with van der Waals surface area (Å²) in [6.45, 7) is 12.8. The Hall–Kier alpha value is -4.03. The van der Waals surface area contributed by atoms with E-state index in [1.807, 2.05) is 32.7 Å². The zero-order valence-electron chi connectivity index (χ0n) is 24.1. The molecule has 0 aliphatic carbocycles. The van der Waals surface area contributed by atoms with Crippen molar-refractivity contribution < 1.29 is 13.9 Å². The Morgan fingerprint density at radius 1 is 1.05 bits per heavy atom. The second kappa shape index (κ2) is 12.0. The van der Waals surface area contributed by atoms with E-state index in [0.717, 1.165) is 17.5 Å². The molecule has 0 unspecified atom stereocenters. The summed E-state index contributed by atoms with van der Waals surface area (Å²) in [4.78, 5) is 35.4. The van der Waals surface area contributed by atoms with Gasteiger partial charge in [0.15, 0.2) is 17.5 Å². The highest BCUT2D eigenvalue weighted by atomic mass is 19.1. The lowest BCUT2D eigenvalue weighted by Gasteiger charge is -2.36. The number of hydrogen-bond donors (Lipinski definition) is 3.